The molecule has 0 atom stereocenters. The number of ether oxygens (including phenoxy) is 1. The van der Waals surface area contributed by atoms with Gasteiger partial charge in [-0.25, -0.2) is 14.4 Å². The number of aliphatic hydroxyl groups is 3. The Morgan fingerprint density at radius 2 is 1.12 bits per heavy atom. The highest BCUT2D eigenvalue weighted by atomic mass is 16.5. The molecule has 0 amide bonds. The molecule has 0 saturated carbocycles. The summed E-state index contributed by atoms with van der Waals surface area (Å²) in [4.78, 5) is 32.1. The van der Waals surface area contributed by atoms with E-state index in [9.17, 15) is 29.7 Å². The van der Waals surface area contributed by atoms with Gasteiger partial charge in [0, 0.05) is 12.2 Å². The normalized spacial score (nSPS) is 15.0. The molecule has 0 fully saturated rings. The van der Waals surface area contributed by atoms with E-state index in [4.69, 9.17) is 20.1 Å². The summed E-state index contributed by atoms with van der Waals surface area (Å²) < 4.78 is 5.14. The van der Waals surface area contributed by atoms with Gasteiger partial charge >= 0.3 is 17.9 Å². The first kappa shape index (κ1) is 21.3. The number of hydrogen-bond acceptors (Lipinski definition) is 7. The maximum absolute atomic E-state index is 10.8. The van der Waals surface area contributed by atoms with Crippen LogP contribution in [0.2, 0.25) is 0 Å². The molecule has 0 radical (unpaired) electrons. The van der Waals surface area contributed by atoms with Crippen molar-refractivity contribution in [1.29, 1.82) is 0 Å². The molecule has 0 heterocycles. The van der Waals surface area contributed by atoms with Crippen LogP contribution < -0.4 is 0 Å². The number of carboxylic acids is 3. The fourth-order valence-corrected chi connectivity index (χ4v) is 1.73. The highest BCUT2D eigenvalue weighted by Gasteiger charge is 2.50. The van der Waals surface area contributed by atoms with E-state index in [0.29, 0.717) is 24.5 Å². The first-order chi connectivity index (χ1) is 11.2. The monoisotopic (exact) mass is 346 g/mol. The Morgan fingerprint density at radius 3 is 1.42 bits per heavy atom. The van der Waals surface area contributed by atoms with Crippen LogP contribution in [0.1, 0.15) is 0 Å². The summed E-state index contributed by atoms with van der Waals surface area (Å²) in [5.74, 6) is -4.34. The lowest BCUT2D eigenvalue weighted by Crippen LogP contribution is -2.54. The standard InChI is InChI=1S/C14H18O10/c15-7-13(8-16,9-17)14(4-1-10(18)19,5-2-11(20)21)24-6-3-12(22)23/h1-6,15-17H,7-9H2,(H,18,19)(H,20,21)(H,22,23). The summed E-state index contributed by atoms with van der Waals surface area (Å²) in [6.45, 7) is -2.81. The lowest BCUT2D eigenvalue weighted by molar-refractivity contribution is -0.134. The molecule has 0 unspecified atom stereocenters. The minimum atomic E-state index is -2.16. The van der Waals surface area contributed by atoms with E-state index in [0.717, 1.165) is 12.2 Å². The van der Waals surface area contributed by atoms with Crippen molar-refractivity contribution in [1.82, 2.24) is 0 Å². The van der Waals surface area contributed by atoms with E-state index in [1.54, 1.807) is 0 Å². The SMILES string of the molecule is O=C(O)C=COC(C=CC(=O)O)(C=CC(=O)O)C(CO)(CO)CO. The molecule has 0 aliphatic carbocycles. The number of rotatable bonds is 11. The molecule has 0 bridgehead atoms. The maximum atomic E-state index is 10.8. The van der Waals surface area contributed by atoms with Crippen LogP contribution in [0.25, 0.3) is 0 Å². The zero-order chi connectivity index (χ0) is 18.8. The van der Waals surface area contributed by atoms with E-state index in [1.807, 2.05) is 0 Å². The van der Waals surface area contributed by atoms with Gasteiger partial charge in [0.25, 0.3) is 0 Å². The zero-order valence-electron chi connectivity index (χ0n) is 12.4. The van der Waals surface area contributed by atoms with Crippen molar-refractivity contribution in [2.24, 2.45) is 5.41 Å². The highest BCUT2D eigenvalue weighted by Crippen LogP contribution is 2.37. The summed E-state index contributed by atoms with van der Waals surface area (Å²) in [5.41, 5.74) is -4.11. The maximum Gasteiger partial charge on any atom is 0.331 e. The first-order valence-electron chi connectivity index (χ1n) is 6.43. The average molecular weight is 346 g/mol. The molecule has 0 aromatic carbocycles. The summed E-state index contributed by atoms with van der Waals surface area (Å²) in [6.07, 6.45) is 3.77. The van der Waals surface area contributed by atoms with Crippen molar-refractivity contribution in [3.05, 3.63) is 36.6 Å². The molecule has 6 N–H and O–H groups in total. The summed E-state index contributed by atoms with van der Waals surface area (Å²) in [5, 5.41) is 54.8. The second kappa shape index (κ2) is 9.45. The van der Waals surface area contributed by atoms with Gasteiger partial charge in [-0.3, -0.25) is 0 Å². The van der Waals surface area contributed by atoms with Crippen LogP contribution in [0.4, 0.5) is 0 Å². The minimum Gasteiger partial charge on any atom is -0.486 e. The van der Waals surface area contributed by atoms with Gasteiger partial charge in [-0.05, 0) is 12.2 Å². The predicted octanol–water partition coefficient (Wildman–Crippen LogP) is -1.41. The van der Waals surface area contributed by atoms with Gasteiger partial charge in [-0.15, -0.1) is 0 Å². The second-order valence-electron chi connectivity index (χ2n) is 4.65. The van der Waals surface area contributed by atoms with E-state index < -0.39 is 48.7 Å². The van der Waals surface area contributed by atoms with Crippen LogP contribution in [0, 0.1) is 5.41 Å². The number of hydrogen-bond donors (Lipinski definition) is 6. The van der Waals surface area contributed by atoms with Crippen molar-refractivity contribution in [2.45, 2.75) is 5.60 Å². The molecule has 0 aromatic heterocycles. The van der Waals surface area contributed by atoms with E-state index >= 15 is 0 Å². The van der Waals surface area contributed by atoms with Gasteiger partial charge in [0.2, 0.25) is 0 Å². The second-order valence-corrected chi connectivity index (χ2v) is 4.65. The predicted molar refractivity (Wildman–Crippen MR) is 77.8 cm³/mol. The summed E-state index contributed by atoms with van der Waals surface area (Å²) >= 11 is 0. The Bertz CT molecular complexity index is 509. The third-order valence-electron chi connectivity index (χ3n) is 3.16. The Morgan fingerprint density at radius 1 is 0.750 bits per heavy atom. The van der Waals surface area contributed by atoms with E-state index in [-0.39, 0.29) is 0 Å². The summed E-state index contributed by atoms with van der Waals surface area (Å²) in [7, 11) is 0. The molecular weight excluding hydrogens is 328 g/mol. The van der Waals surface area contributed by atoms with E-state index in [2.05, 4.69) is 0 Å². The van der Waals surface area contributed by atoms with E-state index in [1.165, 1.54) is 0 Å². The number of aliphatic hydroxyl groups excluding tert-OH is 3. The number of carboxylic acid groups (broad SMARTS) is 3. The molecule has 0 aromatic rings. The third kappa shape index (κ3) is 5.50. The van der Waals surface area contributed by atoms with Crippen LogP contribution >= 0.6 is 0 Å². The topological polar surface area (TPSA) is 182 Å². The van der Waals surface area contributed by atoms with Crippen LogP contribution in [-0.2, 0) is 19.1 Å². The van der Waals surface area contributed by atoms with Gasteiger partial charge in [-0.1, -0.05) is 0 Å². The van der Waals surface area contributed by atoms with Gasteiger partial charge < -0.3 is 35.4 Å². The quantitative estimate of drug-likeness (QED) is 0.192. The molecule has 0 aliphatic heterocycles. The lowest BCUT2D eigenvalue weighted by atomic mass is 9.72. The van der Waals surface area contributed by atoms with Crippen LogP contribution in [0.15, 0.2) is 36.6 Å². The smallest absolute Gasteiger partial charge is 0.331 e. The van der Waals surface area contributed by atoms with Gasteiger partial charge in [0.05, 0.1) is 37.6 Å². The van der Waals surface area contributed by atoms with Gasteiger partial charge in [0.15, 0.2) is 5.60 Å². The molecule has 0 rings (SSSR count). The number of carbonyl (C=O) groups is 3. The molecule has 0 saturated heterocycles. The van der Waals surface area contributed by atoms with Crippen molar-refractivity contribution in [3.63, 3.8) is 0 Å². The van der Waals surface area contributed by atoms with Crippen LogP contribution in [0.5, 0.6) is 0 Å². The fourth-order valence-electron chi connectivity index (χ4n) is 1.73. The van der Waals surface area contributed by atoms with Gasteiger partial charge in [0.1, 0.15) is 0 Å². The van der Waals surface area contributed by atoms with Crippen LogP contribution in [-0.4, -0.2) is 74.0 Å². The lowest BCUT2D eigenvalue weighted by Gasteiger charge is -2.43. The van der Waals surface area contributed by atoms with Gasteiger partial charge in [-0.2, -0.15) is 0 Å². The molecule has 134 valence electrons. The van der Waals surface area contributed by atoms with Crippen LogP contribution in [0.3, 0.4) is 0 Å². The Balaban J connectivity index is 6.32. The van der Waals surface area contributed by atoms with Crippen molar-refractivity contribution >= 4 is 17.9 Å². The number of aliphatic carboxylic acids is 3. The van der Waals surface area contributed by atoms with Crippen molar-refractivity contribution in [2.75, 3.05) is 19.8 Å². The molecular formula is C14H18O10. The molecule has 10 nitrogen and oxygen atoms in total. The molecule has 0 spiro atoms. The molecule has 0 aliphatic rings. The first-order valence-corrected chi connectivity index (χ1v) is 6.43. The largest absolute Gasteiger partial charge is 0.486 e. The zero-order valence-corrected chi connectivity index (χ0v) is 12.4. The molecule has 24 heavy (non-hydrogen) atoms. The van der Waals surface area contributed by atoms with Crippen molar-refractivity contribution in [3.8, 4) is 0 Å². The average Bonchev–Trinajstić information content (AvgIpc) is 2.52. The minimum absolute atomic E-state index is 0.523. The highest BCUT2D eigenvalue weighted by molar-refractivity contribution is 5.81. The Labute approximate surface area is 136 Å². The molecule has 10 heteroatoms. The Hall–Kier alpha value is -2.69. The third-order valence-corrected chi connectivity index (χ3v) is 3.16. The Kier molecular flexibility index (Phi) is 8.39. The fraction of sp³-hybridized carbons (Fsp3) is 0.357. The van der Waals surface area contributed by atoms with Crippen molar-refractivity contribution < 1.29 is 49.8 Å². The summed E-state index contributed by atoms with van der Waals surface area (Å²) in [6, 6.07) is 0.